The van der Waals surface area contributed by atoms with Crippen molar-refractivity contribution in [2.75, 3.05) is 44.1 Å². The molecule has 156 valence electrons. The number of carbonyl (C=O) groups is 2. The van der Waals surface area contributed by atoms with Gasteiger partial charge in [-0.05, 0) is 56.3 Å². The van der Waals surface area contributed by atoms with Crippen LogP contribution in [0.3, 0.4) is 0 Å². The van der Waals surface area contributed by atoms with Gasteiger partial charge in [-0.2, -0.15) is 0 Å². The van der Waals surface area contributed by atoms with E-state index in [1.807, 2.05) is 30.3 Å². The highest BCUT2D eigenvalue weighted by atomic mass is 35.5. The van der Waals surface area contributed by atoms with Crippen LogP contribution in [0.15, 0.2) is 54.6 Å². The zero-order chi connectivity index (χ0) is 20.0. The van der Waals surface area contributed by atoms with Crippen molar-refractivity contribution in [2.24, 2.45) is 5.41 Å². The molecule has 1 heterocycles. The van der Waals surface area contributed by atoms with Crippen LogP contribution in [0.4, 0.5) is 11.4 Å². The number of piperidine rings is 1. The molecule has 0 aromatic heterocycles. The molecule has 0 bridgehead atoms. The van der Waals surface area contributed by atoms with E-state index in [2.05, 4.69) is 10.6 Å². The number of methoxy groups -OCH3 is 1. The lowest BCUT2D eigenvalue weighted by Crippen LogP contribution is -2.47. The van der Waals surface area contributed by atoms with E-state index in [-0.39, 0.29) is 24.2 Å². The van der Waals surface area contributed by atoms with Crippen LogP contribution in [0.2, 0.25) is 0 Å². The Morgan fingerprint density at radius 2 is 1.79 bits per heavy atom. The second-order valence-electron chi connectivity index (χ2n) is 7.20. The molecule has 2 N–H and O–H groups in total. The number of carbonyl (C=O) groups excluding carboxylic acids is 2. The summed E-state index contributed by atoms with van der Waals surface area (Å²) in [7, 11) is 3.36. The van der Waals surface area contributed by atoms with E-state index in [1.54, 1.807) is 43.3 Å². The minimum Gasteiger partial charge on any atom is -0.384 e. The third-order valence-electron chi connectivity index (χ3n) is 5.28. The molecule has 0 unspecified atom stereocenters. The number of anilines is 2. The lowest BCUT2D eigenvalue weighted by atomic mass is 9.78. The van der Waals surface area contributed by atoms with Crippen LogP contribution in [-0.4, -0.2) is 45.7 Å². The van der Waals surface area contributed by atoms with Crippen molar-refractivity contribution in [1.29, 1.82) is 0 Å². The van der Waals surface area contributed by atoms with Crippen LogP contribution in [0, 0.1) is 5.41 Å². The molecule has 6 nitrogen and oxygen atoms in total. The molecule has 3 rings (SSSR count). The topological polar surface area (TPSA) is 70.7 Å². The Hall–Kier alpha value is -2.41. The largest absolute Gasteiger partial charge is 0.384 e. The number of para-hydroxylation sites is 1. The van der Waals surface area contributed by atoms with E-state index in [0.29, 0.717) is 17.9 Å². The number of rotatable bonds is 6. The van der Waals surface area contributed by atoms with Crippen molar-refractivity contribution in [1.82, 2.24) is 5.32 Å². The van der Waals surface area contributed by atoms with Crippen molar-refractivity contribution in [3.63, 3.8) is 0 Å². The fourth-order valence-corrected chi connectivity index (χ4v) is 3.57. The standard InChI is InChI=1S/C22H27N3O3.ClH/c1-25(19-9-4-3-5-10-19)20(26)17-7-6-8-18(15-17)24-21(27)22(16-28-2)11-13-23-14-12-22;/h3-10,15,23H,11-14,16H2,1-2H3,(H,24,27);1H. The monoisotopic (exact) mass is 417 g/mol. The van der Waals surface area contributed by atoms with Gasteiger partial charge in [0.1, 0.15) is 0 Å². The predicted octanol–water partition coefficient (Wildman–Crippen LogP) is 3.34. The van der Waals surface area contributed by atoms with Gasteiger partial charge in [0, 0.05) is 31.1 Å². The number of halogens is 1. The van der Waals surface area contributed by atoms with Crippen LogP contribution >= 0.6 is 12.4 Å². The van der Waals surface area contributed by atoms with Gasteiger partial charge in [-0.3, -0.25) is 9.59 Å². The molecule has 1 fully saturated rings. The summed E-state index contributed by atoms with van der Waals surface area (Å²) in [4.78, 5) is 27.4. The number of amides is 2. The molecule has 2 aromatic rings. The Kier molecular flexibility index (Phi) is 8.20. The van der Waals surface area contributed by atoms with Gasteiger partial charge in [-0.15, -0.1) is 12.4 Å². The Morgan fingerprint density at radius 1 is 1.10 bits per heavy atom. The van der Waals surface area contributed by atoms with Gasteiger partial charge in [-0.25, -0.2) is 0 Å². The van der Waals surface area contributed by atoms with E-state index in [9.17, 15) is 9.59 Å². The predicted molar refractivity (Wildman–Crippen MR) is 118 cm³/mol. The van der Waals surface area contributed by atoms with E-state index in [4.69, 9.17) is 4.74 Å². The van der Waals surface area contributed by atoms with Crippen LogP contribution in [0.25, 0.3) is 0 Å². The van der Waals surface area contributed by atoms with Crippen molar-refractivity contribution >= 4 is 35.6 Å². The maximum absolute atomic E-state index is 13.0. The van der Waals surface area contributed by atoms with Gasteiger partial charge < -0.3 is 20.3 Å². The van der Waals surface area contributed by atoms with Crippen molar-refractivity contribution in [3.8, 4) is 0 Å². The molecule has 7 heteroatoms. The van der Waals surface area contributed by atoms with Gasteiger partial charge in [-0.1, -0.05) is 24.3 Å². The second kappa shape index (κ2) is 10.4. The zero-order valence-corrected chi connectivity index (χ0v) is 17.6. The average Bonchev–Trinajstić information content (AvgIpc) is 2.74. The summed E-state index contributed by atoms with van der Waals surface area (Å²) in [6.07, 6.45) is 1.45. The summed E-state index contributed by atoms with van der Waals surface area (Å²) in [5, 5.41) is 6.28. The molecule has 0 saturated carbocycles. The highest BCUT2D eigenvalue weighted by molar-refractivity contribution is 6.06. The highest BCUT2D eigenvalue weighted by Crippen LogP contribution is 2.31. The maximum Gasteiger partial charge on any atom is 0.258 e. The number of hydrogen-bond acceptors (Lipinski definition) is 4. The van der Waals surface area contributed by atoms with Gasteiger partial charge in [0.15, 0.2) is 0 Å². The van der Waals surface area contributed by atoms with Gasteiger partial charge >= 0.3 is 0 Å². The molecular weight excluding hydrogens is 390 g/mol. The molecule has 2 amide bonds. The molecule has 2 aromatic carbocycles. The summed E-state index contributed by atoms with van der Waals surface area (Å²) < 4.78 is 5.34. The highest BCUT2D eigenvalue weighted by Gasteiger charge is 2.39. The molecule has 0 spiro atoms. The minimum atomic E-state index is -0.541. The average molecular weight is 418 g/mol. The van der Waals surface area contributed by atoms with E-state index in [1.165, 1.54) is 0 Å². The van der Waals surface area contributed by atoms with E-state index >= 15 is 0 Å². The maximum atomic E-state index is 13.0. The van der Waals surface area contributed by atoms with E-state index in [0.717, 1.165) is 31.6 Å². The lowest BCUT2D eigenvalue weighted by Gasteiger charge is -2.35. The number of ether oxygens (including phenoxy) is 1. The van der Waals surface area contributed by atoms with Crippen molar-refractivity contribution in [3.05, 3.63) is 60.2 Å². The van der Waals surface area contributed by atoms with Crippen LogP contribution in [0.1, 0.15) is 23.2 Å². The molecule has 0 aliphatic carbocycles. The summed E-state index contributed by atoms with van der Waals surface area (Å²) in [6.45, 7) is 1.96. The van der Waals surface area contributed by atoms with Gasteiger partial charge in [0.05, 0.1) is 12.0 Å². The quantitative estimate of drug-likeness (QED) is 0.756. The van der Waals surface area contributed by atoms with Crippen LogP contribution < -0.4 is 15.5 Å². The summed E-state index contributed by atoms with van der Waals surface area (Å²) in [5.74, 6) is -0.187. The smallest absolute Gasteiger partial charge is 0.258 e. The van der Waals surface area contributed by atoms with Crippen molar-refractivity contribution in [2.45, 2.75) is 12.8 Å². The first-order valence-corrected chi connectivity index (χ1v) is 9.50. The zero-order valence-electron chi connectivity index (χ0n) is 16.8. The lowest BCUT2D eigenvalue weighted by molar-refractivity contribution is -0.130. The molecule has 29 heavy (non-hydrogen) atoms. The molecular formula is C22H28ClN3O3. The van der Waals surface area contributed by atoms with Crippen LogP contribution in [0.5, 0.6) is 0 Å². The number of hydrogen-bond donors (Lipinski definition) is 2. The molecule has 0 atom stereocenters. The fourth-order valence-electron chi connectivity index (χ4n) is 3.57. The summed E-state index contributed by atoms with van der Waals surface area (Å²) >= 11 is 0. The summed E-state index contributed by atoms with van der Waals surface area (Å²) in [6, 6.07) is 16.5. The third-order valence-corrected chi connectivity index (χ3v) is 5.28. The minimum absolute atomic E-state index is 0. The summed E-state index contributed by atoms with van der Waals surface area (Å²) in [5.41, 5.74) is 1.41. The molecule has 1 aliphatic heterocycles. The third kappa shape index (κ3) is 5.35. The van der Waals surface area contributed by atoms with Crippen LogP contribution in [-0.2, 0) is 9.53 Å². The second-order valence-corrected chi connectivity index (χ2v) is 7.20. The normalized spacial score (nSPS) is 15.1. The Labute approximate surface area is 178 Å². The molecule has 0 radical (unpaired) electrons. The number of nitrogens with zero attached hydrogens (tertiary/aromatic N) is 1. The number of benzene rings is 2. The first-order chi connectivity index (χ1) is 13.6. The fraction of sp³-hybridized carbons (Fsp3) is 0.364. The Bertz CT molecular complexity index is 818. The van der Waals surface area contributed by atoms with Gasteiger partial charge in [0.25, 0.3) is 5.91 Å². The first-order valence-electron chi connectivity index (χ1n) is 9.50. The van der Waals surface area contributed by atoms with Crippen molar-refractivity contribution < 1.29 is 14.3 Å². The molecule has 1 saturated heterocycles. The number of nitrogens with one attached hydrogen (secondary N) is 2. The molecule has 1 aliphatic rings. The van der Waals surface area contributed by atoms with Gasteiger partial charge in [0.2, 0.25) is 5.91 Å². The SMILES string of the molecule is COCC1(C(=O)Nc2cccc(C(=O)N(C)c3ccccc3)c2)CCNCC1.Cl. The Balaban J connectivity index is 0.00000300. The van der Waals surface area contributed by atoms with E-state index < -0.39 is 5.41 Å². The Morgan fingerprint density at radius 3 is 2.45 bits per heavy atom. The first kappa shape index (κ1) is 22.9.